The zero-order valence-corrected chi connectivity index (χ0v) is 17.8. The van der Waals surface area contributed by atoms with Crippen LogP contribution in [0.15, 0.2) is 0 Å². The van der Waals surface area contributed by atoms with E-state index in [4.69, 9.17) is 0 Å². The summed E-state index contributed by atoms with van der Waals surface area (Å²) < 4.78 is 0. The Morgan fingerprint density at radius 1 is 0.588 bits per heavy atom. The van der Waals surface area contributed by atoms with Gasteiger partial charge in [-0.15, -0.1) is 15.8 Å². The molecule has 0 aliphatic carbocycles. The van der Waals surface area contributed by atoms with Crippen molar-refractivity contribution < 1.29 is 17.2 Å². The van der Waals surface area contributed by atoms with Gasteiger partial charge in [-0.1, -0.05) is 41.5 Å². The zero-order valence-electron chi connectivity index (χ0n) is 12.8. The molecule has 0 saturated heterocycles. The minimum atomic E-state index is 0. The predicted molar refractivity (Wildman–Crippen MR) is 92.4 cm³/mol. The molecule has 0 aromatic rings. The van der Waals surface area contributed by atoms with Gasteiger partial charge in [0.15, 0.2) is 0 Å². The SMILES string of the molecule is CCP(CC)CC.CCP(CC)CC.[Br][Pd+].[CH3-]. The molecular weight excluding hydrogens is 404 g/mol. The monoisotopic (exact) mass is 436 g/mol. The molecule has 0 nitrogen and oxygen atoms in total. The van der Waals surface area contributed by atoms with Gasteiger partial charge in [-0.2, -0.15) is 0 Å². The molecule has 0 aliphatic rings. The quantitative estimate of drug-likeness (QED) is 0.258. The number of rotatable bonds is 6. The average molecular weight is 438 g/mol. The van der Waals surface area contributed by atoms with Gasteiger partial charge in [0.1, 0.15) is 0 Å². The summed E-state index contributed by atoms with van der Waals surface area (Å²) in [5, 5.41) is 0. The van der Waals surface area contributed by atoms with Crippen LogP contribution in [0.5, 0.6) is 0 Å². The molecule has 0 N–H and O–H groups in total. The molecule has 0 aromatic carbocycles. The molecule has 112 valence electrons. The number of halogens is 1. The van der Waals surface area contributed by atoms with Crippen molar-refractivity contribution in [2.75, 3.05) is 37.0 Å². The molecule has 0 spiro atoms. The Kier molecular flexibility index (Phi) is 42.7. The van der Waals surface area contributed by atoms with Crippen LogP contribution in [0.2, 0.25) is 0 Å². The van der Waals surface area contributed by atoms with Gasteiger partial charge in [0.05, 0.1) is 0 Å². The molecule has 4 heteroatoms. The second-order valence-corrected chi connectivity index (χ2v) is 9.72. The summed E-state index contributed by atoms with van der Waals surface area (Å²) in [6.07, 6.45) is 8.51. The summed E-state index contributed by atoms with van der Waals surface area (Å²) >= 11 is 5.35. The average Bonchev–Trinajstić information content (AvgIpc) is 2.37. The summed E-state index contributed by atoms with van der Waals surface area (Å²) in [5.74, 6) is 0. The van der Waals surface area contributed by atoms with Crippen LogP contribution in [-0.4, -0.2) is 37.0 Å². The first kappa shape index (κ1) is 27.4. The summed E-state index contributed by atoms with van der Waals surface area (Å²) in [5.41, 5.74) is 0. The van der Waals surface area contributed by atoms with Crippen LogP contribution in [0.1, 0.15) is 41.5 Å². The molecule has 0 aromatic heterocycles. The Hall–Kier alpha value is 2.00. The summed E-state index contributed by atoms with van der Waals surface area (Å²) in [6.45, 7) is 13.7. The fourth-order valence-electron chi connectivity index (χ4n) is 1.34. The van der Waals surface area contributed by atoms with Gasteiger partial charge >= 0.3 is 30.6 Å². The van der Waals surface area contributed by atoms with Gasteiger partial charge in [0.2, 0.25) is 0 Å². The third kappa shape index (κ3) is 23.5. The van der Waals surface area contributed by atoms with Gasteiger partial charge in [-0.25, -0.2) is 0 Å². The van der Waals surface area contributed by atoms with Crippen molar-refractivity contribution in [3.05, 3.63) is 7.43 Å². The van der Waals surface area contributed by atoms with E-state index < -0.39 is 0 Å². The van der Waals surface area contributed by atoms with E-state index in [-0.39, 0.29) is 7.43 Å². The number of hydrogen-bond donors (Lipinski definition) is 0. The first-order valence-electron chi connectivity index (χ1n) is 6.26. The molecule has 0 unspecified atom stereocenters. The van der Waals surface area contributed by atoms with Crippen molar-refractivity contribution in [2.24, 2.45) is 0 Å². The molecule has 0 aliphatic heterocycles. The van der Waals surface area contributed by atoms with E-state index in [0.717, 1.165) is 0 Å². The predicted octanol–water partition coefficient (Wildman–Crippen LogP) is 6.35. The largest absolute Gasteiger partial charge is 0.358 e. The van der Waals surface area contributed by atoms with E-state index in [1.54, 1.807) is 0 Å². The van der Waals surface area contributed by atoms with Crippen LogP contribution < -0.4 is 0 Å². The van der Waals surface area contributed by atoms with Gasteiger partial charge < -0.3 is 7.43 Å². The van der Waals surface area contributed by atoms with Crippen molar-refractivity contribution in [3.8, 4) is 0 Å². The molecule has 0 bridgehead atoms. The van der Waals surface area contributed by atoms with E-state index in [2.05, 4.69) is 72.2 Å². The van der Waals surface area contributed by atoms with Gasteiger partial charge in [0.25, 0.3) is 0 Å². The fraction of sp³-hybridized carbons (Fsp3) is 0.923. The Balaban J connectivity index is -0.0000000823. The Bertz CT molecular complexity index is 74.4. The van der Waals surface area contributed by atoms with Crippen LogP contribution >= 0.6 is 29.3 Å². The summed E-state index contributed by atoms with van der Waals surface area (Å²) in [4.78, 5) is 0. The fourth-order valence-corrected chi connectivity index (χ4v) is 4.02. The smallest absolute Gasteiger partial charge is 0.358 e. The molecule has 0 fully saturated rings. The number of hydrogen-bond acceptors (Lipinski definition) is 0. The second-order valence-electron chi connectivity index (χ2n) is 3.24. The molecule has 0 atom stereocenters. The molecule has 0 heterocycles. The second kappa shape index (κ2) is 26.5. The molecule has 0 amide bonds. The van der Waals surface area contributed by atoms with Gasteiger partial charge in [-0.05, 0) is 37.0 Å². The van der Waals surface area contributed by atoms with E-state index in [9.17, 15) is 0 Å². The first-order valence-corrected chi connectivity index (χ1v) is 13.6. The van der Waals surface area contributed by atoms with Crippen LogP contribution in [0.25, 0.3) is 0 Å². The van der Waals surface area contributed by atoms with E-state index in [1.165, 1.54) is 37.0 Å². The molecule has 0 rings (SSSR count). The third-order valence-corrected chi connectivity index (χ3v) is 8.05. The third-order valence-electron chi connectivity index (χ3n) is 2.68. The first-order chi connectivity index (χ1) is 7.69. The van der Waals surface area contributed by atoms with E-state index >= 15 is 0 Å². The topological polar surface area (TPSA) is 0 Å². The maximum atomic E-state index is 2.79. The minimum absolute atomic E-state index is 0. The maximum absolute atomic E-state index is 2.79. The van der Waals surface area contributed by atoms with Crippen molar-refractivity contribution in [3.63, 3.8) is 0 Å². The van der Waals surface area contributed by atoms with Gasteiger partial charge in [-0.3, -0.25) is 0 Å². The molecule has 0 saturated carbocycles. The van der Waals surface area contributed by atoms with Crippen molar-refractivity contribution in [2.45, 2.75) is 41.5 Å². The standard InChI is InChI=1S/2C6H15P.CH3.BrH.Pd/c2*1-4-7(5-2)6-3;;;/h2*4-6H2,1-3H3;1H3;1H;/q;;-1;;+2/p-1. The maximum Gasteiger partial charge on any atom is -0.358 e. The Labute approximate surface area is 132 Å². The van der Waals surface area contributed by atoms with Crippen LogP contribution in [-0.2, 0) is 17.2 Å². The minimum Gasteiger partial charge on any atom is -0.358 e. The van der Waals surface area contributed by atoms with Crippen molar-refractivity contribution >= 4 is 29.3 Å². The van der Waals surface area contributed by atoms with Gasteiger partial charge in [0, 0.05) is 0 Å². The Morgan fingerprint density at radius 2 is 0.706 bits per heavy atom. The van der Waals surface area contributed by atoms with E-state index in [1.807, 2.05) is 0 Å². The van der Waals surface area contributed by atoms with Crippen molar-refractivity contribution in [1.82, 2.24) is 0 Å². The summed E-state index contributed by atoms with van der Waals surface area (Å²) in [7, 11) is 0.892. The van der Waals surface area contributed by atoms with Crippen LogP contribution in [0.4, 0.5) is 0 Å². The molecule has 17 heavy (non-hydrogen) atoms. The van der Waals surface area contributed by atoms with Crippen molar-refractivity contribution in [1.29, 1.82) is 0 Å². The summed E-state index contributed by atoms with van der Waals surface area (Å²) in [6, 6.07) is 0. The van der Waals surface area contributed by atoms with Crippen LogP contribution in [0.3, 0.4) is 0 Å². The zero-order chi connectivity index (χ0) is 13.4. The molecular formula is C13H33BrP2Pd. The molecule has 0 radical (unpaired) electrons. The normalized spacial score (nSPS) is 8.88. The van der Waals surface area contributed by atoms with Crippen LogP contribution in [0, 0.1) is 7.43 Å². The van der Waals surface area contributed by atoms with E-state index in [0.29, 0.717) is 15.8 Å². The Morgan fingerprint density at radius 3 is 0.706 bits per heavy atom.